The molecule has 12 heavy (non-hydrogen) atoms. The Balaban J connectivity index is 3.17. The van der Waals surface area contributed by atoms with E-state index in [1.54, 1.807) is 6.20 Å². The minimum absolute atomic E-state index is 0.00343. The van der Waals surface area contributed by atoms with E-state index in [4.69, 9.17) is 0 Å². The van der Waals surface area contributed by atoms with Crippen LogP contribution in [0.5, 0.6) is 0 Å². The van der Waals surface area contributed by atoms with Crippen molar-refractivity contribution in [2.75, 3.05) is 0 Å². The molecule has 0 bridgehead atoms. The highest BCUT2D eigenvalue weighted by molar-refractivity contribution is 5.95. The fourth-order valence-electron chi connectivity index (χ4n) is 1.03. The molecule has 1 heterocycles. The van der Waals surface area contributed by atoms with Crippen molar-refractivity contribution in [3.05, 3.63) is 35.7 Å². The van der Waals surface area contributed by atoms with E-state index in [1.165, 1.54) is 6.92 Å². The Morgan fingerprint density at radius 3 is 2.92 bits per heavy atom. The van der Waals surface area contributed by atoms with Gasteiger partial charge in [-0.1, -0.05) is 18.2 Å². The molecule has 2 heteroatoms. The van der Waals surface area contributed by atoms with Crippen LogP contribution in [0.15, 0.2) is 24.4 Å². The molecule has 0 amide bonds. The molecule has 0 N–H and O–H groups in total. The lowest BCUT2D eigenvalue weighted by molar-refractivity contribution is 0.101. The highest BCUT2D eigenvalue weighted by Gasteiger charge is 2.03. The Bertz CT molecular complexity index is 315. The third kappa shape index (κ3) is 1.78. The number of aromatic nitrogens is 1. The number of Topliss-reactive ketones (excluding diaryl/α,β-unsaturated/α-hetero) is 1. The van der Waals surface area contributed by atoms with Crippen molar-refractivity contribution in [1.82, 2.24) is 4.98 Å². The molecule has 0 aliphatic carbocycles. The van der Waals surface area contributed by atoms with Crippen molar-refractivity contribution >= 4 is 11.9 Å². The first kappa shape index (κ1) is 8.65. The molecule has 2 nitrogen and oxygen atoms in total. The molecule has 0 saturated carbocycles. The molecule has 1 aromatic heterocycles. The number of ketones is 1. The number of pyridine rings is 1. The third-order valence-electron chi connectivity index (χ3n) is 1.52. The van der Waals surface area contributed by atoms with Crippen LogP contribution in [0, 0.1) is 0 Å². The average molecular weight is 161 g/mol. The van der Waals surface area contributed by atoms with Gasteiger partial charge < -0.3 is 0 Å². The molecule has 0 aromatic carbocycles. The minimum atomic E-state index is 0.00343. The highest BCUT2D eigenvalue weighted by atomic mass is 16.1. The largest absolute Gasteiger partial charge is 0.293 e. The van der Waals surface area contributed by atoms with Gasteiger partial charge in [0.1, 0.15) is 5.69 Å². The lowest BCUT2D eigenvalue weighted by Gasteiger charge is -1.98. The number of carbonyl (C=O) groups is 1. The molecule has 1 aromatic rings. The zero-order chi connectivity index (χ0) is 8.97. The molecule has 0 spiro atoms. The molecule has 0 aliphatic heterocycles. The third-order valence-corrected chi connectivity index (χ3v) is 1.52. The van der Waals surface area contributed by atoms with E-state index in [-0.39, 0.29) is 5.78 Å². The van der Waals surface area contributed by atoms with Gasteiger partial charge in [-0.2, -0.15) is 0 Å². The maximum absolute atomic E-state index is 11.0. The van der Waals surface area contributed by atoms with Crippen molar-refractivity contribution in [3.63, 3.8) is 0 Å². The van der Waals surface area contributed by atoms with E-state index < -0.39 is 0 Å². The van der Waals surface area contributed by atoms with Gasteiger partial charge in [-0.25, -0.2) is 0 Å². The second-order valence-corrected chi connectivity index (χ2v) is 2.50. The van der Waals surface area contributed by atoms with E-state index in [9.17, 15) is 4.79 Å². The number of carbonyl (C=O) groups excluding carboxylic acids is 1. The molecule has 0 fully saturated rings. The predicted molar refractivity (Wildman–Crippen MR) is 48.9 cm³/mol. The van der Waals surface area contributed by atoms with Gasteiger partial charge in [-0.05, 0) is 13.0 Å². The number of hydrogen-bond donors (Lipinski definition) is 0. The van der Waals surface area contributed by atoms with E-state index in [0.717, 1.165) is 5.56 Å². The van der Waals surface area contributed by atoms with Crippen LogP contribution in [-0.2, 0) is 0 Å². The smallest absolute Gasteiger partial charge is 0.178 e. The molecular formula is C10H11NO. The van der Waals surface area contributed by atoms with Gasteiger partial charge in [-0.15, -0.1) is 0 Å². The monoisotopic (exact) mass is 161 g/mol. The topological polar surface area (TPSA) is 30.0 Å². The predicted octanol–water partition coefficient (Wildman–Crippen LogP) is 2.32. The average Bonchev–Trinajstić information content (AvgIpc) is 2.05. The molecular weight excluding hydrogens is 150 g/mol. The normalized spacial score (nSPS) is 10.5. The van der Waals surface area contributed by atoms with Gasteiger partial charge in [0.05, 0.1) is 0 Å². The Morgan fingerprint density at radius 1 is 1.58 bits per heavy atom. The second kappa shape index (κ2) is 3.81. The molecule has 0 saturated heterocycles. The summed E-state index contributed by atoms with van der Waals surface area (Å²) in [5.41, 5.74) is 1.42. The van der Waals surface area contributed by atoms with E-state index in [2.05, 4.69) is 4.98 Å². The first-order valence-corrected chi connectivity index (χ1v) is 3.84. The fraction of sp³-hybridized carbons (Fsp3) is 0.200. The van der Waals surface area contributed by atoms with Crippen molar-refractivity contribution in [2.24, 2.45) is 0 Å². The van der Waals surface area contributed by atoms with E-state index in [0.29, 0.717) is 5.69 Å². The lowest BCUT2D eigenvalue weighted by atomic mass is 10.1. The van der Waals surface area contributed by atoms with Crippen LogP contribution < -0.4 is 0 Å². The van der Waals surface area contributed by atoms with Crippen LogP contribution in [-0.4, -0.2) is 10.8 Å². The number of nitrogens with zero attached hydrogens (tertiary/aromatic N) is 1. The Labute approximate surface area is 71.9 Å². The van der Waals surface area contributed by atoms with Gasteiger partial charge in [0.2, 0.25) is 0 Å². The first-order chi connectivity index (χ1) is 5.75. The summed E-state index contributed by atoms with van der Waals surface area (Å²) in [6.07, 6.45) is 5.40. The van der Waals surface area contributed by atoms with Crippen molar-refractivity contribution < 1.29 is 4.79 Å². The van der Waals surface area contributed by atoms with Crippen LogP contribution in [0.1, 0.15) is 29.9 Å². The molecule has 0 aliphatic rings. The summed E-state index contributed by atoms with van der Waals surface area (Å²) in [7, 11) is 0. The van der Waals surface area contributed by atoms with Gasteiger partial charge in [-0.3, -0.25) is 9.78 Å². The van der Waals surface area contributed by atoms with Crippen LogP contribution >= 0.6 is 0 Å². The quantitative estimate of drug-likeness (QED) is 0.623. The maximum atomic E-state index is 11.0. The van der Waals surface area contributed by atoms with Gasteiger partial charge in [0, 0.05) is 18.7 Å². The summed E-state index contributed by atoms with van der Waals surface area (Å²) in [6.45, 7) is 3.44. The molecule has 0 radical (unpaired) electrons. The van der Waals surface area contributed by atoms with E-state index in [1.807, 2.05) is 31.2 Å². The summed E-state index contributed by atoms with van der Waals surface area (Å²) >= 11 is 0. The van der Waals surface area contributed by atoms with Crippen molar-refractivity contribution in [2.45, 2.75) is 13.8 Å². The number of allylic oxidation sites excluding steroid dienone is 1. The molecule has 1 rings (SSSR count). The maximum Gasteiger partial charge on any atom is 0.178 e. The molecule has 0 unspecified atom stereocenters. The SMILES string of the molecule is C/C=C\c1cccnc1C(C)=O. The second-order valence-electron chi connectivity index (χ2n) is 2.50. The van der Waals surface area contributed by atoms with Gasteiger partial charge >= 0.3 is 0 Å². The van der Waals surface area contributed by atoms with Crippen molar-refractivity contribution in [3.8, 4) is 0 Å². The minimum Gasteiger partial charge on any atom is -0.293 e. The van der Waals surface area contributed by atoms with Crippen LogP contribution in [0.4, 0.5) is 0 Å². The lowest BCUT2D eigenvalue weighted by Crippen LogP contribution is -1.98. The van der Waals surface area contributed by atoms with Crippen molar-refractivity contribution in [1.29, 1.82) is 0 Å². The summed E-state index contributed by atoms with van der Waals surface area (Å²) in [4.78, 5) is 15.0. The summed E-state index contributed by atoms with van der Waals surface area (Å²) < 4.78 is 0. The summed E-state index contributed by atoms with van der Waals surface area (Å²) in [6, 6.07) is 3.70. The zero-order valence-corrected chi connectivity index (χ0v) is 7.24. The van der Waals surface area contributed by atoms with Gasteiger partial charge in [0.15, 0.2) is 5.78 Å². The number of hydrogen-bond acceptors (Lipinski definition) is 2. The fourth-order valence-corrected chi connectivity index (χ4v) is 1.03. The first-order valence-electron chi connectivity index (χ1n) is 3.84. The Hall–Kier alpha value is -1.44. The van der Waals surface area contributed by atoms with E-state index >= 15 is 0 Å². The van der Waals surface area contributed by atoms with Gasteiger partial charge in [0.25, 0.3) is 0 Å². The molecule has 62 valence electrons. The van der Waals surface area contributed by atoms with Crippen LogP contribution in [0.3, 0.4) is 0 Å². The zero-order valence-electron chi connectivity index (χ0n) is 7.24. The standard InChI is InChI=1S/C10H11NO/c1-3-5-9-6-4-7-11-10(9)8(2)12/h3-7H,1-2H3/b5-3-. The summed E-state index contributed by atoms with van der Waals surface area (Å²) in [5, 5.41) is 0. The molecule has 0 atom stereocenters. The Kier molecular flexibility index (Phi) is 2.75. The van der Waals surface area contributed by atoms with Crippen LogP contribution in [0.2, 0.25) is 0 Å². The number of rotatable bonds is 2. The highest BCUT2D eigenvalue weighted by Crippen LogP contribution is 2.07. The Morgan fingerprint density at radius 2 is 2.33 bits per heavy atom. The van der Waals surface area contributed by atoms with Crippen LogP contribution in [0.25, 0.3) is 6.08 Å². The summed E-state index contributed by atoms with van der Waals surface area (Å²) in [5.74, 6) is 0.00343.